The van der Waals surface area contributed by atoms with Gasteiger partial charge in [0.25, 0.3) is 0 Å². The minimum Gasteiger partial charge on any atom is -0.504 e. The molecule has 0 saturated carbocycles. The molecule has 5 aromatic rings. The van der Waals surface area contributed by atoms with Gasteiger partial charge in [-0.3, -0.25) is 9.59 Å². The molecule has 9 nitrogen and oxygen atoms in total. The monoisotopic (exact) mass is 602 g/mol. The van der Waals surface area contributed by atoms with Crippen LogP contribution in [0.3, 0.4) is 0 Å². The molecule has 0 atom stereocenters. The normalized spacial score (nSPS) is 10.5. The van der Waals surface area contributed by atoms with E-state index in [4.69, 9.17) is 14.2 Å². The van der Waals surface area contributed by atoms with E-state index in [1.807, 2.05) is 0 Å². The fourth-order valence-corrected chi connectivity index (χ4v) is 4.62. The maximum atomic E-state index is 14.1. The molecule has 0 heterocycles. The van der Waals surface area contributed by atoms with Crippen molar-refractivity contribution in [2.24, 2.45) is 0 Å². The lowest BCUT2D eigenvalue weighted by atomic mass is 9.88. The number of methoxy groups -OCH3 is 1. The quantitative estimate of drug-likeness (QED) is 0.0835. The zero-order chi connectivity index (χ0) is 31.9. The van der Waals surface area contributed by atoms with Gasteiger partial charge < -0.3 is 24.4 Å². The summed E-state index contributed by atoms with van der Waals surface area (Å²) in [5, 5.41) is 22.5. The van der Waals surface area contributed by atoms with Crippen LogP contribution in [0.1, 0.15) is 58.1 Å². The number of carbonyl (C=O) groups excluding carboxylic acids is 4. The van der Waals surface area contributed by atoms with Gasteiger partial charge >= 0.3 is 11.9 Å². The van der Waals surface area contributed by atoms with Gasteiger partial charge in [-0.05, 0) is 29.8 Å². The number of phenols is 2. The van der Waals surface area contributed by atoms with Gasteiger partial charge in [-0.2, -0.15) is 0 Å². The standard InChI is InChI=1S/C36H26O9/c1-43-26-19-11-12-22(20-26)21-44-36(42)27-28(30(37)23-13-5-2-6-14-23)32(39)33(40)34(45-35(41)25-17-9-4-10-18-25)29(27)31(38)24-15-7-3-8-16-24/h2-20,39-40H,21H2,1H3. The van der Waals surface area contributed by atoms with E-state index in [0.29, 0.717) is 11.3 Å². The highest BCUT2D eigenvalue weighted by atomic mass is 16.5. The van der Waals surface area contributed by atoms with Crippen LogP contribution in [0, 0.1) is 0 Å². The molecule has 0 spiro atoms. The summed E-state index contributed by atoms with van der Waals surface area (Å²) in [6, 6.07) is 29.7. The summed E-state index contributed by atoms with van der Waals surface area (Å²) in [4.78, 5) is 55.1. The zero-order valence-corrected chi connectivity index (χ0v) is 23.9. The number of rotatable bonds is 10. The Morgan fingerprint density at radius 3 is 1.67 bits per heavy atom. The maximum absolute atomic E-state index is 14.1. The molecule has 0 aromatic heterocycles. The third-order valence-corrected chi connectivity index (χ3v) is 6.84. The molecular weight excluding hydrogens is 576 g/mol. The molecule has 5 aromatic carbocycles. The van der Waals surface area contributed by atoms with Gasteiger partial charge in [-0.15, -0.1) is 0 Å². The molecule has 0 saturated heterocycles. The Morgan fingerprint density at radius 2 is 1.11 bits per heavy atom. The summed E-state index contributed by atoms with van der Waals surface area (Å²) in [6.45, 7) is -0.311. The van der Waals surface area contributed by atoms with Crippen LogP contribution in [0.25, 0.3) is 0 Å². The van der Waals surface area contributed by atoms with Crippen LogP contribution in [0.4, 0.5) is 0 Å². The van der Waals surface area contributed by atoms with Gasteiger partial charge in [0.05, 0.1) is 29.4 Å². The molecule has 45 heavy (non-hydrogen) atoms. The number of benzene rings is 5. The highest BCUT2D eigenvalue weighted by Gasteiger charge is 2.37. The third-order valence-electron chi connectivity index (χ3n) is 6.84. The molecule has 224 valence electrons. The molecule has 0 unspecified atom stereocenters. The molecule has 0 aliphatic carbocycles. The van der Waals surface area contributed by atoms with E-state index in [-0.39, 0.29) is 23.3 Å². The van der Waals surface area contributed by atoms with Crippen LogP contribution >= 0.6 is 0 Å². The topological polar surface area (TPSA) is 136 Å². The lowest BCUT2D eigenvalue weighted by molar-refractivity contribution is 0.0464. The van der Waals surface area contributed by atoms with Crippen LogP contribution in [0.2, 0.25) is 0 Å². The van der Waals surface area contributed by atoms with E-state index in [0.717, 1.165) is 0 Å². The van der Waals surface area contributed by atoms with Crippen molar-refractivity contribution in [3.63, 3.8) is 0 Å². The molecule has 9 heteroatoms. The highest BCUT2D eigenvalue weighted by Crippen LogP contribution is 2.46. The van der Waals surface area contributed by atoms with E-state index in [2.05, 4.69) is 0 Å². The number of hydrogen-bond donors (Lipinski definition) is 2. The first-order valence-corrected chi connectivity index (χ1v) is 13.7. The lowest BCUT2D eigenvalue weighted by Gasteiger charge is -2.20. The van der Waals surface area contributed by atoms with Crippen molar-refractivity contribution in [2.45, 2.75) is 6.61 Å². The van der Waals surface area contributed by atoms with Gasteiger partial charge in [0.2, 0.25) is 5.75 Å². The number of ketones is 2. The molecule has 0 aliphatic rings. The molecule has 0 radical (unpaired) electrons. The Balaban J connectivity index is 1.74. The second-order valence-electron chi connectivity index (χ2n) is 9.72. The Hall–Kier alpha value is -6.22. The first kappa shape index (κ1) is 30.2. The number of carbonyl (C=O) groups is 4. The van der Waals surface area contributed by atoms with Gasteiger partial charge in [0, 0.05) is 11.1 Å². The summed E-state index contributed by atoms with van der Waals surface area (Å²) >= 11 is 0. The summed E-state index contributed by atoms with van der Waals surface area (Å²) < 4.78 is 16.3. The summed E-state index contributed by atoms with van der Waals surface area (Å²) in [6.07, 6.45) is 0. The minimum atomic E-state index is -1.19. The molecule has 0 amide bonds. The van der Waals surface area contributed by atoms with Gasteiger partial charge in [0.1, 0.15) is 12.4 Å². The number of ether oxygens (including phenoxy) is 3. The molecule has 2 N–H and O–H groups in total. The largest absolute Gasteiger partial charge is 0.504 e. The van der Waals surface area contributed by atoms with Crippen molar-refractivity contribution in [1.29, 1.82) is 0 Å². The van der Waals surface area contributed by atoms with E-state index < -0.39 is 57.4 Å². The van der Waals surface area contributed by atoms with Gasteiger partial charge in [-0.25, -0.2) is 9.59 Å². The van der Waals surface area contributed by atoms with Gasteiger partial charge in [-0.1, -0.05) is 91.0 Å². The predicted molar refractivity (Wildman–Crippen MR) is 163 cm³/mol. The Morgan fingerprint density at radius 1 is 0.578 bits per heavy atom. The molecule has 0 fully saturated rings. The van der Waals surface area contributed by atoms with Crippen molar-refractivity contribution in [1.82, 2.24) is 0 Å². The molecule has 5 rings (SSSR count). The molecule has 0 aliphatic heterocycles. The van der Waals surface area contributed by atoms with E-state index in [1.54, 1.807) is 78.9 Å². The average molecular weight is 603 g/mol. The average Bonchev–Trinajstić information content (AvgIpc) is 3.09. The summed E-state index contributed by atoms with van der Waals surface area (Å²) in [5.41, 5.74) is -1.37. The van der Waals surface area contributed by atoms with E-state index >= 15 is 0 Å². The zero-order valence-electron chi connectivity index (χ0n) is 23.9. The summed E-state index contributed by atoms with van der Waals surface area (Å²) in [7, 11) is 1.48. The predicted octanol–water partition coefficient (Wildman–Crippen LogP) is 6.14. The van der Waals surface area contributed by atoms with Gasteiger partial charge in [0.15, 0.2) is 23.1 Å². The fraction of sp³-hybridized carbons (Fsp3) is 0.0556. The van der Waals surface area contributed by atoms with Crippen molar-refractivity contribution >= 4 is 23.5 Å². The Labute approximate surface area is 257 Å². The number of hydrogen-bond acceptors (Lipinski definition) is 9. The van der Waals surface area contributed by atoms with Crippen LogP contribution in [-0.4, -0.2) is 40.8 Å². The Bertz CT molecular complexity index is 1880. The number of esters is 2. The van der Waals surface area contributed by atoms with Crippen molar-refractivity contribution in [3.8, 4) is 23.0 Å². The first-order valence-electron chi connectivity index (χ1n) is 13.7. The van der Waals surface area contributed by atoms with Crippen molar-refractivity contribution < 1.29 is 43.6 Å². The fourth-order valence-electron chi connectivity index (χ4n) is 4.62. The molecule has 0 bridgehead atoms. The second kappa shape index (κ2) is 13.4. The van der Waals surface area contributed by atoms with Crippen LogP contribution in [-0.2, 0) is 11.3 Å². The third kappa shape index (κ3) is 6.42. The Kier molecular flexibility index (Phi) is 9.00. The van der Waals surface area contributed by atoms with Crippen molar-refractivity contribution in [2.75, 3.05) is 7.11 Å². The summed E-state index contributed by atoms with van der Waals surface area (Å²) in [5.74, 6) is -6.42. The maximum Gasteiger partial charge on any atom is 0.343 e. The smallest absolute Gasteiger partial charge is 0.343 e. The van der Waals surface area contributed by atoms with E-state index in [9.17, 15) is 29.4 Å². The lowest BCUT2D eigenvalue weighted by Crippen LogP contribution is -2.21. The number of phenolic OH excluding ortho intramolecular Hbond substituents is 2. The van der Waals surface area contributed by atoms with Crippen molar-refractivity contribution in [3.05, 3.63) is 154 Å². The van der Waals surface area contributed by atoms with E-state index in [1.165, 1.54) is 43.5 Å². The second-order valence-corrected chi connectivity index (χ2v) is 9.72. The minimum absolute atomic E-state index is 0.0413. The van der Waals surface area contributed by atoms with Crippen LogP contribution in [0.5, 0.6) is 23.0 Å². The first-order chi connectivity index (χ1) is 21.8. The highest BCUT2D eigenvalue weighted by molar-refractivity contribution is 6.24. The van der Waals surface area contributed by atoms with Crippen LogP contribution in [0.15, 0.2) is 115 Å². The SMILES string of the molecule is COc1cccc(COC(=O)c2c(C(=O)c3ccccc3)c(O)c(O)c(OC(=O)c3ccccc3)c2C(=O)c2ccccc2)c1. The van der Waals surface area contributed by atoms with Crippen LogP contribution < -0.4 is 9.47 Å². The number of aromatic hydroxyl groups is 2. The molecular formula is C36H26O9.